The molecule has 0 radical (unpaired) electrons. The number of hydrogen-bond acceptors (Lipinski definition) is 9. The molecule has 0 saturated carbocycles. The van der Waals surface area contributed by atoms with Gasteiger partial charge in [0.05, 0.1) is 13.2 Å². The van der Waals surface area contributed by atoms with Crippen molar-refractivity contribution in [3.63, 3.8) is 0 Å². The first-order chi connectivity index (χ1) is 15.9. The molecule has 3 amide bonds. The smallest absolute Gasteiger partial charge is 0.329 e. The fraction of sp³-hybridized carbons (Fsp3) is 0.429. The van der Waals surface area contributed by atoms with Gasteiger partial charge < -0.3 is 19.7 Å². The van der Waals surface area contributed by atoms with Crippen LogP contribution in [0.1, 0.15) is 21.6 Å². The number of carbonyl (C=O) groups is 3. The highest BCUT2D eigenvalue weighted by Gasteiger charge is 2.22. The van der Waals surface area contributed by atoms with Crippen molar-refractivity contribution in [2.45, 2.75) is 13.5 Å². The van der Waals surface area contributed by atoms with Gasteiger partial charge in [-0.2, -0.15) is 0 Å². The van der Waals surface area contributed by atoms with E-state index in [4.69, 9.17) is 9.47 Å². The molecule has 0 atom stereocenters. The summed E-state index contributed by atoms with van der Waals surface area (Å²) in [5.41, 5.74) is 2.34. The Hall–Kier alpha value is -3.64. The molecular weight excluding hydrogens is 430 g/mol. The van der Waals surface area contributed by atoms with E-state index < -0.39 is 6.03 Å². The van der Waals surface area contributed by atoms with E-state index in [1.54, 1.807) is 24.3 Å². The second-order valence-electron chi connectivity index (χ2n) is 7.36. The molecule has 1 aliphatic rings. The lowest BCUT2D eigenvalue weighted by Gasteiger charge is -2.27. The highest BCUT2D eigenvalue weighted by molar-refractivity contribution is 6.00. The molecular formula is C21H27N7O5. The van der Waals surface area contributed by atoms with E-state index in [1.807, 2.05) is 6.92 Å². The second-order valence-corrected chi connectivity index (χ2v) is 7.36. The van der Waals surface area contributed by atoms with E-state index in [-0.39, 0.29) is 30.7 Å². The van der Waals surface area contributed by atoms with E-state index in [0.29, 0.717) is 44.0 Å². The summed E-state index contributed by atoms with van der Waals surface area (Å²) < 4.78 is 10.1. The zero-order valence-corrected chi connectivity index (χ0v) is 18.8. The molecule has 0 bridgehead atoms. The van der Waals surface area contributed by atoms with Crippen molar-refractivity contribution >= 4 is 35.7 Å². The molecule has 3 rings (SSSR count). The van der Waals surface area contributed by atoms with Crippen LogP contribution in [-0.4, -0.2) is 85.1 Å². The maximum atomic E-state index is 12.7. The topological polar surface area (TPSA) is 139 Å². The number of rotatable bonds is 9. The first-order valence-corrected chi connectivity index (χ1v) is 10.3. The van der Waals surface area contributed by atoms with Crippen LogP contribution in [0.4, 0.5) is 22.2 Å². The van der Waals surface area contributed by atoms with Crippen LogP contribution in [0.5, 0.6) is 0 Å². The minimum Gasteiger partial charge on any atom is -0.383 e. The number of pyridine rings is 1. The monoisotopic (exact) mass is 457 g/mol. The largest absolute Gasteiger partial charge is 0.383 e. The number of ether oxygens (including phenoxy) is 2. The number of amides is 3. The molecule has 1 fully saturated rings. The zero-order chi connectivity index (χ0) is 23.8. The summed E-state index contributed by atoms with van der Waals surface area (Å²) in [6, 6.07) is 1.19. The molecule has 176 valence electrons. The number of morpholine rings is 1. The Morgan fingerprint density at radius 2 is 2.18 bits per heavy atom. The Morgan fingerprint density at radius 1 is 1.36 bits per heavy atom. The molecule has 1 aliphatic heterocycles. The van der Waals surface area contributed by atoms with E-state index in [2.05, 4.69) is 25.6 Å². The Labute approximate surface area is 191 Å². The number of nitrogens with one attached hydrogen (secondary N) is 2. The molecule has 3 heterocycles. The first-order valence-electron chi connectivity index (χ1n) is 10.3. The third-order valence-electron chi connectivity index (χ3n) is 5.01. The zero-order valence-electron chi connectivity index (χ0n) is 18.8. The fourth-order valence-corrected chi connectivity index (χ4v) is 3.07. The van der Waals surface area contributed by atoms with Crippen molar-refractivity contribution in [1.82, 2.24) is 19.9 Å². The number of carbonyl (C=O) groups excluding carboxylic acids is 3. The average molecular weight is 457 g/mol. The van der Waals surface area contributed by atoms with Crippen LogP contribution in [-0.2, 0) is 20.8 Å². The fourth-order valence-electron chi connectivity index (χ4n) is 3.07. The number of aryl methyl sites for hydroxylation is 1. The number of anilines is 3. The predicted molar refractivity (Wildman–Crippen MR) is 120 cm³/mol. The maximum Gasteiger partial charge on any atom is 0.329 e. The average Bonchev–Trinajstić information content (AvgIpc) is 2.82. The van der Waals surface area contributed by atoms with Gasteiger partial charge in [-0.05, 0) is 12.5 Å². The van der Waals surface area contributed by atoms with Gasteiger partial charge in [0.25, 0.3) is 0 Å². The summed E-state index contributed by atoms with van der Waals surface area (Å²) in [5.74, 6) is 0.216. The predicted octanol–water partition coefficient (Wildman–Crippen LogP) is 1.08. The van der Waals surface area contributed by atoms with Crippen LogP contribution in [0.2, 0.25) is 0 Å². The van der Waals surface area contributed by atoms with Crippen LogP contribution in [0, 0.1) is 6.92 Å². The van der Waals surface area contributed by atoms with Crippen LogP contribution >= 0.6 is 0 Å². The van der Waals surface area contributed by atoms with Crippen molar-refractivity contribution in [2.24, 2.45) is 0 Å². The molecule has 1 saturated heterocycles. The van der Waals surface area contributed by atoms with Crippen molar-refractivity contribution < 1.29 is 23.9 Å². The van der Waals surface area contributed by atoms with Crippen molar-refractivity contribution in [2.75, 3.05) is 62.6 Å². The lowest BCUT2D eigenvalue weighted by Crippen LogP contribution is -2.41. The van der Waals surface area contributed by atoms with Gasteiger partial charge in [-0.3, -0.25) is 19.8 Å². The first kappa shape index (κ1) is 24.0. The standard InChI is InChI=1S/C21H27N7O5/c1-14-9-23-18(8-16(14)22-4-6-32-3)26-21(31)27(2)20-24-10-15(17(12-29)25-20)11-28-5-7-33-13-19(28)30/h8-10,12H,4-7,11,13H2,1-3H3,(H2,22,23,26,31). The Morgan fingerprint density at radius 3 is 2.91 bits per heavy atom. The molecule has 33 heavy (non-hydrogen) atoms. The number of nitrogens with zero attached hydrogens (tertiary/aromatic N) is 5. The minimum atomic E-state index is -0.526. The summed E-state index contributed by atoms with van der Waals surface area (Å²) >= 11 is 0. The van der Waals surface area contributed by atoms with Gasteiger partial charge in [0, 0.05) is 63.5 Å². The summed E-state index contributed by atoms with van der Waals surface area (Å²) in [7, 11) is 3.10. The van der Waals surface area contributed by atoms with Gasteiger partial charge in [-0.25, -0.2) is 19.7 Å². The Bertz CT molecular complexity index is 1020. The summed E-state index contributed by atoms with van der Waals surface area (Å²) in [5, 5.41) is 5.91. The Kier molecular flexibility index (Phi) is 8.22. The van der Waals surface area contributed by atoms with Gasteiger partial charge in [-0.1, -0.05) is 0 Å². The SMILES string of the molecule is COCCNc1cc(NC(=O)N(C)c2ncc(CN3CCOCC3=O)c(C=O)n2)ncc1C. The lowest BCUT2D eigenvalue weighted by molar-refractivity contribution is -0.143. The highest BCUT2D eigenvalue weighted by Crippen LogP contribution is 2.19. The second kappa shape index (κ2) is 11.3. The number of hydrogen-bond donors (Lipinski definition) is 2. The number of methoxy groups -OCH3 is 1. The van der Waals surface area contributed by atoms with E-state index in [9.17, 15) is 14.4 Å². The molecule has 12 heteroatoms. The third-order valence-corrected chi connectivity index (χ3v) is 5.01. The van der Waals surface area contributed by atoms with Crippen LogP contribution in [0.3, 0.4) is 0 Å². The number of aromatic nitrogens is 3. The third kappa shape index (κ3) is 6.20. The number of aldehydes is 1. The number of urea groups is 1. The van der Waals surface area contributed by atoms with E-state index in [0.717, 1.165) is 11.3 Å². The van der Waals surface area contributed by atoms with Crippen LogP contribution < -0.4 is 15.5 Å². The van der Waals surface area contributed by atoms with Crippen molar-refractivity contribution in [1.29, 1.82) is 0 Å². The summed E-state index contributed by atoms with van der Waals surface area (Å²) in [4.78, 5) is 51.6. The van der Waals surface area contributed by atoms with Crippen molar-refractivity contribution in [3.8, 4) is 0 Å². The summed E-state index contributed by atoms with van der Waals surface area (Å²) in [6.45, 7) is 4.11. The van der Waals surface area contributed by atoms with Gasteiger partial charge in [-0.15, -0.1) is 0 Å². The normalized spacial score (nSPS) is 13.5. The molecule has 0 aliphatic carbocycles. The molecule has 0 unspecified atom stereocenters. The quantitative estimate of drug-likeness (QED) is 0.418. The molecule has 2 aromatic heterocycles. The molecule has 12 nitrogen and oxygen atoms in total. The van der Waals surface area contributed by atoms with Crippen LogP contribution in [0.25, 0.3) is 0 Å². The Balaban J connectivity index is 1.69. The van der Waals surface area contributed by atoms with Gasteiger partial charge in [0.15, 0.2) is 6.29 Å². The molecule has 0 aromatic carbocycles. The van der Waals surface area contributed by atoms with Crippen molar-refractivity contribution in [3.05, 3.63) is 35.3 Å². The van der Waals surface area contributed by atoms with E-state index in [1.165, 1.54) is 18.1 Å². The lowest BCUT2D eigenvalue weighted by atomic mass is 10.2. The molecule has 0 spiro atoms. The highest BCUT2D eigenvalue weighted by atomic mass is 16.5. The van der Waals surface area contributed by atoms with Crippen LogP contribution in [0.15, 0.2) is 18.5 Å². The molecule has 2 N–H and O–H groups in total. The van der Waals surface area contributed by atoms with Gasteiger partial charge in [0.1, 0.15) is 18.1 Å². The van der Waals surface area contributed by atoms with Gasteiger partial charge in [0.2, 0.25) is 11.9 Å². The van der Waals surface area contributed by atoms with E-state index >= 15 is 0 Å². The summed E-state index contributed by atoms with van der Waals surface area (Å²) in [6.07, 6.45) is 3.67. The van der Waals surface area contributed by atoms with Gasteiger partial charge >= 0.3 is 6.03 Å². The maximum absolute atomic E-state index is 12.7. The molecule has 2 aromatic rings. The minimum absolute atomic E-state index is 0.00886.